The Kier molecular flexibility index (Phi) is 3.93. The molecule has 1 aromatic rings. The van der Waals surface area contributed by atoms with Gasteiger partial charge in [0.15, 0.2) is 0 Å². The average Bonchev–Trinajstić information content (AvgIpc) is 2.15. The van der Waals surface area contributed by atoms with Crippen molar-refractivity contribution in [3.8, 4) is 0 Å². The van der Waals surface area contributed by atoms with Crippen LogP contribution in [0.25, 0.3) is 6.08 Å². The summed E-state index contributed by atoms with van der Waals surface area (Å²) < 4.78 is 50.3. The molecule has 0 aliphatic rings. The summed E-state index contributed by atoms with van der Waals surface area (Å²) in [5.41, 5.74) is 5.41. The Hall–Kier alpha value is -1.36. The zero-order valence-corrected chi connectivity index (χ0v) is 9.48. The fraction of sp³-hybridized carbons (Fsp3) is 0.333. The van der Waals surface area contributed by atoms with Gasteiger partial charge in [0, 0.05) is 6.04 Å². The molecule has 0 aromatic heterocycles. The Labute approximate surface area is 96.9 Å². The smallest absolute Gasteiger partial charge is 0.324 e. The Balaban J connectivity index is 3.19. The van der Waals surface area contributed by atoms with Crippen molar-refractivity contribution < 1.29 is 17.6 Å². The molecule has 0 saturated carbocycles. The molecule has 94 valence electrons. The van der Waals surface area contributed by atoms with Gasteiger partial charge in [0.2, 0.25) is 0 Å². The van der Waals surface area contributed by atoms with Gasteiger partial charge in [0.05, 0.1) is 5.56 Å². The lowest BCUT2D eigenvalue weighted by Gasteiger charge is -2.09. The number of hydrogen-bond donors (Lipinski definition) is 1. The van der Waals surface area contributed by atoms with Crippen LogP contribution in [0.2, 0.25) is 0 Å². The summed E-state index contributed by atoms with van der Waals surface area (Å²) in [6.45, 7) is 3.39. The van der Waals surface area contributed by atoms with Crippen LogP contribution in [0.4, 0.5) is 17.6 Å². The monoisotopic (exact) mass is 247 g/mol. The van der Waals surface area contributed by atoms with Crippen LogP contribution in [0, 0.1) is 5.82 Å². The van der Waals surface area contributed by atoms with Crippen LogP contribution in [-0.4, -0.2) is 6.04 Å². The maximum atomic E-state index is 13.0. The molecule has 1 atom stereocenters. The molecule has 1 rings (SSSR count). The number of rotatable bonds is 2. The molecule has 1 unspecified atom stereocenters. The van der Waals surface area contributed by atoms with Crippen molar-refractivity contribution >= 4 is 6.08 Å². The average molecular weight is 247 g/mol. The van der Waals surface area contributed by atoms with E-state index in [1.54, 1.807) is 13.8 Å². The molecule has 0 fully saturated rings. The first-order valence-corrected chi connectivity index (χ1v) is 5.01. The van der Waals surface area contributed by atoms with Gasteiger partial charge in [0.1, 0.15) is 5.82 Å². The molecule has 1 aromatic carbocycles. The normalized spacial score (nSPS) is 14.9. The van der Waals surface area contributed by atoms with Crippen LogP contribution < -0.4 is 5.73 Å². The summed E-state index contributed by atoms with van der Waals surface area (Å²) in [6, 6.07) is 2.13. The zero-order chi connectivity index (χ0) is 13.2. The maximum Gasteiger partial charge on any atom is 0.416 e. The van der Waals surface area contributed by atoms with Gasteiger partial charge in [-0.1, -0.05) is 11.6 Å². The standard InChI is InChI=1S/C12H13F4N/c1-7(8(2)17)3-9-4-10(12(14,15)16)6-11(13)5-9/h3-6,8H,17H2,1-2H3/b7-3+. The molecule has 0 bridgehead atoms. The predicted molar refractivity (Wildman–Crippen MR) is 58.7 cm³/mol. The Morgan fingerprint density at radius 2 is 1.88 bits per heavy atom. The van der Waals surface area contributed by atoms with Crippen molar-refractivity contribution in [2.45, 2.75) is 26.1 Å². The van der Waals surface area contributed by atoms with Gasteiger partial charge in [-0.3, -0.25) is 0 Å². The first-order valence-electron chi connectivity index (χ1n) is 5.01. The molecule has 0 amide bonds. The van der Waals surface area contributed by atoms with E-state index in [0.29, 0.717) is 11.6 Å². The van der Waals surface area contributed by atoms with Crippen LogP contribution in [0.15, 0.2) is 23.8 Å². The van der Waals surface area contributed by atoms with Gasteiger partial charge in [0.25, 0.3) is 0 Å². The minimum absolute atomic E-state index is 0.159. The van der Waals surface area contributed by atoms with E-state index < -0.39 is 17.6 Å². The second kappa shape index (κ2) is 4.87. The molecule has 2 N–H and O–H groups in total. The summed E-state index contributed by atoms with van der Waals surface area (Å²) in [5.74, 6) is -0.913. The van der Waals surface area contributed by atoms with Gasteiger partial charge < -0.3 is 5.73 Å². The van der Waals surface area contributed by atoms with Gasteiger partial charge in [-0.05, 0) is 37.6 Å². The minimum Gasteiger partial charge on any atom is -0.324 e. The molecule has 0 spiro atoms. The predicted octanol–water partition coefficient (Wildman–Crippen LogP) is 3.60. The second-order valence-corrected chi connectivity index (χ2v) is 3.95. The van der Waals surface area contributed by atoms with Gasteiger partial charge in [-0.2, -0.15) is 13.2 Å². The summed E-state index contributed by atoms with van der Waals surface area (Å²) in [4.78, 5) is 0. The first-order chi connectivity index (χ1) is 7.70. The number of alkyl halides is 3. The molecule has 0 aliphatic heterocycles. The van der Waals surface area contributed by atoms with E-state index in [1.165, 1.54) is 6.08 Å². The van der Waals surface area contributed by atoms with Crippen LogP contribution in [0.5, 0.6) is 0 Å². The van der Waals surface area contributed by atoms with Crippen molar-refractivity contribution in [3.05, 3.63) is 40.7 Å². The van der Waals surface area contributed by atoms with E-state index in [9.17, 15) is 17.6 Å². The summed E-state index contributed by atoms with van der Waals surface area (Å²) in [6.07, 6.45) is -3.10. The number of hydrogen-bond acceptors (Lipinski definition) is 1. The van der Waals surface area contributed by atoms with Crippen molar-refractivity contribution in [2.75, 3.05) is 0 Å². The lowest BCUT2D eigenvalue weighted by molar-refractivity contribution is -0.137. The maximum absolute atomic E-state index is 13.0. The number of halogens is 4. The van der Waals surface area contributed by atoms with Crippen LogP contribution in [-0.2, 0) is 6.18 Å². The minimum atomic E-state index is -4.55. The molecule has 0 saturated heterocycles. The van der Waals surface area contributed by atoms with Crippen molar-refractivity contribution in [1.82, 2.24) is 0 Å². The van der Waals surface area contributed by atoms with E-state index >= 15 is 0 Å². The molecule has 5 heteroatoms. The highest BCUT2D eigenvalue weighted by atomic mass is 19.4. The molecule has 0 heterocycles. The third kappa shape index (κ3) is 3.85. The van der Waals surface area contributed by atoms with E-state index in [1.807, 2.05) is 0 Å². The SMILES string of the molecule is C/C(=C\c1cc(F)cc(C(F)(F)F)c1)C(C)N. The first kappa shape index (κ1) is 13.7. The van der Waals surface area contributed by atoms with E-state index in [-0.39, 0.29) is 11.6 Å². The number of nitrogens with two attached hydrogens (primary N) is 1. The second-order valence-electron chi connectivity index (χ2n) is 3.95. The molecular formula is C12H13F4N. The molecular weight excluding hydrogens is 234 g/mol. The highest BCUT2D eigenvalue weighted by molar-refractivity contribution is 5.54. The van der Waals surface area contributed by atoms with Gasteiger partial charge in [-0.15, -0.1) is 0 Å². The van der Waals surface area contributed by atoms with Crippen molar-refractivity contribution in [3.63, 3.8) is 0 Å². The largest absolute Gasteiger partial charge is 0.416 e. The Morgan fingerprint density at radius 3 is 2.35 bits per heavy atom. The molecule has 1 nitrogen and oxygen atoms in total. The molecule has 0 aliphatic carbocycles. The van der Waals surface area contributed by atoms with Gasteiger partial charge >= 0.3 is 6.18 Å². The van der Waals surface area contributed by atoms with E-state index in [0.717, 1.165) is 12.1 Å². The van der Waals surface area contributed by atoms with E-state index in [2.05, 4.69) is 0 Å². The lowest BCUT2D eigenvalue weighted by atomic mass is 10.0. The Morgan fingerprint density at radius 1 is 1.29 bits per heavy atom. The summed E-state index contributed by atoms with van der Waals surface area (Å²) in [7, 11) is 0. The zero-order valence-electron chi connectivity index (χ0n) is 9.48. The fourth-order valence-corrected chi connectivity index (χ4v) is 1.25. The van der Waals surface area contributed by atoms with Gasteiger partial charge in [-0.25, -0.2) is 4.39 Å². The third-order valence-electron chi connectivity index (χ3n) is 2.36. The van der Waals surface area contributed by atoms with Crippen molar-refractivity contribution in [1.29, 1.82) is 0 Å². The third-order valence-corrected chi connectivity index (χ3v) is 2.36. The lowest BCUT2D eigenvalue weighted by Crippen LogP contribution is -2.15. The van der Waals surface area contributed by atoms with Crippen LogP contribution >= 0.6 is 0 Å². The summed E-state index contributed by atoms with van der Waals surface area (Å²) in [5, 5.41) is 0. The quantitative estimate of drug-likeness (QED) is 0.794. The van der Waals surface area contributed by atoms with Crippen LogP contribution in [0.3, 0.4) is 0 Å². The molecule has 17 heavy (non-hydrogen) atoms. The van der Waals surface area contributed by atoms with Crippen LogP contribution in [0.1, 0.15) is 25.0 Å². The highest BCUT2D eigenvalue weighted by Gasteiger charge is 2.31. The van der Waals surface area contributed by atoms with Crippen molar-refractivity contribution in [2.24, 2.45) is 5.73 Å². The van der Waals surface area contributed by atoms with E-state index in [4.69, 9.17) is 5.73 Å². The Bertz CT molecular complexity index is 433. The number of benzene rings is 1. The topological polar surface area (TPSA) is 26.0 Å². The highest BCUT2D eigenvalue weighted by Crippen LogP contribution is 2.30. The fourth-order valence-electron chi connectivity index (χ4n) is 1.25. The molecule has 0 radical (unpaired) electrons. The summed E-state index contributed by atoms with van der Waals surface area (Å²) >= 11 is 0.